The fourth-order valence-electron chi connectivity index (χ4n) is 3.23. The van der Waals surface area contributed by atoms with Crippen molar-refractivity contribution < 1.29 is 19.1 Å². The highest BCUT2D eigenvalue weighted by Crippen LogP contribution is 2.40. The molecule has 1 amide bonds. The van der Waals surface area contributed by atoms with Crippen LogP contribution < -0.4 is 0 Å². The number of ether oxygens (including phenoxy) is 2. The van der Waals surface area contributed by atoms with Crippen LogP contribution in [0.1, 0.15) is 31.9 Å². The van der Waals surface area contributed by atoms with Crippen LogP contribution in [0, 0.1) is 0 Å². The molecule has 26 heavy (non-hydrogen) atoms. The standard InChI is InChI=1S/C21H23NO4/c1-20(2,3)26-18(23)21(16-10-6-4-7-11-16,17-12-8-5-9-13-17)22-14-15-25-19(22)24/h4-13H,14-15H2,1-3H3. The third-order valence-corrected chi connectivity index (χ3v) is 4.24. The van der Waals surface area contributed by atoms with Gasteiger partial charge in [-0.1, -0.05) is 60.7 Å². The van der Waals surface area contributed by atoms with E-state index in [9.17, 15) is 9.59 Å². The lowest BCUT2D eigenvalue weighted by atomic mass is 9.81. The number of carbonyl (C=O) groups is 2. The molecule has 0 N–H and O–H groups in total. The first-order chi connectivity index (χ1) is 12.4. The molecule has 1 heterocycles. The molecule has 0 aliphatic carbocycles. The van der Waals surface area contributed by atoms with Gasteiger partial charge in [-0.2, -0.15) is 0 Å². The number of hydrogen-bond acceptors (Lipinski definition) is 4. The largest absolute Gasteiger partial charge is 0.458 e. The lowest BCUT2D eigenvalue weighted by Gasteiger charge is -2.40. The number of cyclic esters (lactones) is 1. The molecule has 0 unspecified atom stereocenters. The third-order valence-electron chi connectivity index (χ3n) is 4.24. The number of hydrogen-bond donors (Lipinski definition) is 0. The number of rotatable bonds is 4. The number of esters is 1. The van der Waals surface area contributed by atoms with Gasteiger partial charge in [-0.05, 0) is 31.9 Å². The maximum atomic E-state index is 13.5. The molecule has 136 valence electrons. The van der Waals surface area contributed by atoms with Crippen LogP contribution in [0.25, 0.3) is 0 Å². The van der Waals surface area contributed by atoms with E-state index in [1.165, 1.54) is 4.90 Å². The molecule has 1 fully saturated rings. The van der Waals surface area contributed by atoms with Gasteiger partial charge in [0.25, 0.3) is 0 Å². The van der Waals surface area contributed by atoms with Crippen LogP contribution in [-0.2, 0) is 19.8 Å². The van der Waals surface area contributed by atoms with Crippen molar-refractivity contribution in [1.29, 1.82) is 0 Å². The molecule has 5 heteroatoms. The van der Waals surface area contributed by atoms with Gasteiger partial charge in [-0.25, -0.2) is 9.59 Å². The smallest absolute Gasteiger partial charge is 0.411 e. The molecule has 1 aliphatic rings. The van der Waals surface area contributed by atoms with Crippen LogP contribution in [0.5, 0.6) is 0 Å². The number of benzene rings is 2. The van der Waals surface area contributed by atoms with Gasteiger partial charge in [0.2, 0.25) is 0 Å². The second-order valence-corrected chi connectivity index (χ2v) is 7.21. The minimum Gasteiger partial charge on any atom is -0.458 e. The fourth-order valence-corrected chi connectivity index (χ4v) is 3.23. The number of amides is 1. The zero-order valence-electron chi connectivity index (χ0n) is 15.3. The van der Waals surface area contributed by atoms with E-state index in [-0.39, 0.29) is 6.61 Å². The summed E-state index contributed by atoms with van der Waals surface area (Å²) < 4.78 is 11.0. The molecule has 0 spiro atoms. The van der Waals surface area contributed by atoms with Gasteiger partial charge in [-0.3, -0.25) is 4.90 Å². The SMILES string of the molecule is CC(C)(C)OC(=O)C(c1ccccc1)(c1ccccc1)N1CCOC1=O. The average molecular weight is 353 g/mol. The first kappa shape index (κ1) is 18.0. The lowest BCUT2D eigenvalue weighted by molar-refractivity contribution is -0.166. The monoisotopic (exact) mass is 353 g/mol. The molecule has 0 radical (unpaired) electrons. The Balaban J connectivity index is 2.27. The quantitative estimate of drug-likeness (QED) is 0.786. The number of carbonyl (C=O) groups excluding carboxylic acids is 2. The summed E-state index contributed by atoms with van der Waals surface area (Å²) in [6.07, 6.45) is -0.524. The summed E-state index contributed by atoms with van der Waals surface area (Å²) >= 11 is 0. The van der Waals surface area contributed by atoms with E-state index in [0.29, 0.717) is 17.7 Å². The minimum atomic E-state index is -1.40. The first-order valence-corrected chi connectivity index (χ1v) is 8.64. The molecule has 2 aromatic carbocycles. The Bertz CT molecular complexity index is 741. The molecular weight excluding hydrogens is 330 g/mol. The normalized spacial score (nSPS) is 14.9. The van der Waals surface area contributed by atoms with Gasteiger partial charge < -0.3 is 9.47 Å². The zero-order chi connectivity index (χ0) is 18.8. The average Bonchev–Trinajstić information content (AvgIpc) is 3.02. The highest BCUT2D eigenvalue weighted by atomic mass is 16.6. The molecule has 3 rings (SSSR count). The summed E-state index contributed by atoms with van der Waals surface area (Å²) in [6.45, 7) is 5.99. The Morgan fingerprint density at radius 2 is 1.46 bits per heavy atom. The van der Waals surface area contributed by atoms with E-state index >= 15 is 0 Å². The van der Waals surface area contributed by atoms with Crippen molar-refractivity contribution in [3.05, 3.63) is 71.8 Å². The molecule has 1 saturated heterocycles. The topological polar surface area (TPSA) is 55.8 Å². The van der Waals surface area contributed by atoms with Crippen molar-refractivity contribution >= 4 is 12.1 Å². The first-order valence-electron chi connectivity index (χ1n) is 8.64. The summed E-state index contributed by atoms with van der Waals surface area (Å²) in [5.74, 6) is -0.499. The Labute approximate surface area is 153 Å². The molecule has 0 aromatic heterocycles. The zero-order valence-corrected chi connectivity index (χ0v) is 15.3. The highest BCUT2D eigenvalue weighted by molar-refractivity contribution is 5.92. The Kier molecular flexibility index (Phi) is 4.72. The van der Waals surface area contributed by atoms with E-state index in [2.05, 4.69) is 0 Å². The maximum Gasteiger partial charge on any atom is 0.411 e. The van der Waals surface area contributed by atoms with E-state index in [1.54, 1.807) is 0 Å². The summed E-state index contributed by atoms with van der Waals surface area (Å²) in [6, 6.07) is 18.5. The Hall–Kier alpha value is -2.82. The second kappa shape index (κ2) is 6.83. The summed E-state index contributed by atoms with van der Waals surface area (Å²) in [5.41, 5.74) is -0.766. The van der Waals surface area contributed by atoms with E-state index in [0.717, 1.165) is 0 Å². The van der Waals surface area contributed by atoms with E-state index < -0.39 is 23.2 Å². The van der Waals surface area contributed by atoms with Crippen molar-refractivity contribution in [3.63, 3.8) is 0 Å². The lowest BCUT2D eigenvalue weighted by Crippen LogP contribution is -2.55. The van der Waals surface area contributed by atoms with Crippen LogP contribution in [0.4, 0.5) is 4.79 Å². The van der Waals surface area contributed by atoms with Gasteiger partial charge in [0.15, 0.2) is 5.54 Å². The van der Waals surface area contributed by atoms with Crippen molar-refractivity contribution in [2.45, 2.75) is 31.9 Å². The van der Waals surface area contributed by atoms with Crippen molar-refractivity contribution in [3.8, 4) is 0 Å². The van der Waals surface area contributed by atoms with Crippen LogP contribution >= 0.6 is 0 Å². The maximum absolute atomic E-state index is 13.5. The second-order valence-electron chi connectivity index (χ2n) is 7.21. The highest BCUT2D eigenvalue weighted by Gasteiger charge is 2.54. The summed E-state index contributed by atoms with van der Waals surface area (Å²) in [5, 5.41) is 0. The number of nitrogens with zero attached hydrogens (tertiary/aromatic N) is 1. The third kappa shape index (κ3) is 3.17. The molecule has 0 atom stereocenters. The fraction of sp³-hybridized carbons (Fsp3) is 0.333. The van der Waals surface area contributed by atoms with Gasteiger partial charge in [0.1, 0.15) is 12.2 Å². The van der Waals surface area contributed by atoms with Crippen LogP contribution in [-0.4, -0.2) is 35.7 Å². The van der Waals surface area contributed by atoms with Gasteiger partial charge in [0, 0.05) is 0 Å². The van der Waals surface area contributed by atoms with Crippen molar-refractivity contribution in [1.82, 2.24) is 4.90 Å². The molecule has 0 bridgehead atoms. The molecule has 2 aromatic rings. The predicted molar refractivity (Wildman–Crippen MR) is 97.6 cm³/mol. The van der Waals surface area contributed by atoms with Crippen LogP contribution in [0.15, 0.2) is 60.7 Å². The Morgan fingerprint density at radius 1 is 0.962 bits per heavy atom. The summed E-state index contributed by atoms with van der Waals surface area (Å²) in [7, 11) is 0. The van der Waals surface area contributed by atoms with E-state index in [1.807, 2.05) is 81.4 Å². The van der Waals surface area contributed by atoms with Gasteiger partial charge >= 0.3 is 12.1 Å². The Morgan fingerprint density at radius 3 is 1.85 bits per heavy atom. The molecule has 0 saturated carbocycles. The van der Waals surface area contributed by atoms with Crippen molar-refractivity contribution in [2.24, 2.45) is 0 Å². The van der Waals surface area contributed by atoms with Gasteiger partial charge in [-0.15, -0.1) is 0 Å². The van der Waals surface area contributed by atoms with Crippen LogP contribution in [0.3, 0.4) is 0 Å². The van der Waals surface area contributed by atoms with Crippen molar-refractivity contribution in [2.75, 3.05) is 13.2 Å². The molecular formula is C21H23NO4. The predicted octanol–water partition coefficient (Wildman–Crippen LogP) is 3.72. The molecule has 1 aliphatic heterocycles. The molecule has 5 nitrogen and oxygen atoms in total. The van der Waals surface area contributed by atoms with Gasteiger partial charge in [0.05, 0.1) is 6.54 Å². The van der Waals surface area contributed by atoms with E-state index in [4.69, 9.17) is 9.47 Å². The summed E-state index contributed by atoms with van der Waals surface area (Å²) in [4.78, 5) is 27.5. The minimum absolute atomic E-state index is 0.239. The van der Waals surface area contributed by atoms with Crippen LogP contribution in [0.2, 0.25) is 0 Å².